The number of nitrogens with zero attached hydrogens (tertiary/aromatic N) is 3. The molecule has 0 amide bonds. The van der Waals surface area contributed by atoms with Crippen molar-refractivity contribution in [2.24, 2.45) is 0 Å². The number of carbonyl (C=O) groups is 1. The van der Waals surface area contributed by atoms with Gasteiger partial charge < -0.3 is 5.11 Å². The van der Waals surface area contributed by atoms with Gasteiger partial charge in [-0.15, -0.1) is 5.10 Å². The summed E-state index contributed by atoms with van der Waals surface area (Å²) >= 11 is 0. The van der Waals surface area contributed by atoms with E-state index in [1.54, 1.807) is 0 Å². The first-order chi connectivity index (χ1) is 8.39. The van der Waals surface area contributed by atoms with Gasteiger partial charge in [0, 0.05) is 0 Å². The van der Waals surface area contributed by atoms with Gasteiger partial charge in [-0.1, -0.05) is 12.1 Å². The van der Waals surface area contributed by atoms with Crippen LogP contribution in [0.3, 0.4) is 0 Å². The van der Waals surface area contributed by atoms with Crippen molar-refractivity contribution in [3.8, 4) is 5.69 Å². The second-order valence-corrected chi connectivity index (χ2v) is 3.33. The summed E-state index contributed by atoms with van der Waals surface area (Å²) in [6.07, 6.45) is -3.63. The lowest BCUT2D eigenvalue weighted by atomic mass is 10.2. The van der Waals surface area contributed by atoms with Crippen LogP contribution < -0.4 is 0 Å². The Morgan fingerprint density at radius 2 is 1.94 bits per heavy atom. The van der Waals surface area contributed by atoms with Crippen LogP contribution in [0.15, 0.2) is 30.6 Å². The summed E-state index contributed by atoms with van der Waals surface area (Å²) in [6.45, 7) is 0. The molecule has 2 rings (SSSR count). The molecule has 0 aliphatic carbocycles. The highest BCUT2D eigenvalue weighted by molar-refractivity contribution is 5.82. The van der Waals surface area contributed by atoms with Gasteiger partial charge in [-0.05, 0) is 12.1 Å². The molecule has 0 spiro atoms. The van der Waals surface area contributed by atoms with Crippen LogP contribution in [0.5, 0.6) is 0 Å². The van der Waals surface area contributed by atoms with Gasteiger partial charge in [0.05, 0.1) is 11.3 Å². The SMILES string of the molecule is O=C(O)c1ncn(-c2ccccc2C(F)(F)F)n1. The minimum absolute atomic E-state index is 0.273. The van der Waals surface area contributed by atoms with Gasteiger partial charge in [0.15, 0.2) is 0 Å². The quantitative estimate of drug-likeness (QED) is 0.893. The van der Waals surface area contributed by atoms with E-state index in [4.69, 9.17) is 5.11 Å². The van der Waals surface area contributed by atoms with E-state index in [-0.39, 0.29) is 5.69 Å². The Balaban J connectivity index is 2.53. The van der Waals surface area contributed by atoms with E-state index in [0.29, 0.717) is 0 Å². The molecule has 0 saturated carbocycles. The number of benzene rings is 1. The van der Waals surface area contributed by atoms with Gasteiger partial charge in [-0.25, -0.2) is 14.5 Å². The van der Waals surface area contributed by atoms with E-state index in [1.165, 1.54) is 18.2 Å². The average molecular weight is 257 g/mol. The zero-order chi connectivity index (χ0) is 13.3. The van der Waals surface area contributed by atoms with Gasteiger partial charge in [0.1, 0.15) is 6.33 Å². The molecule has 0 aliphatic rings. The van der Waals surface area contributed by atoms with Crippen molar-refractivity contribution in [3.63, 3.8) is 0 Å². The Labute approximate surface area is 98.5 Å². The molecule has 8 heteroatoms. The number of carboxylic acids is 1. The standard InChI is InChI=1S/C10H6F3N3O2/c11-10(12,13)6-3-1-2-4-7(6)16-5-14-8(15-16)9(17)18/h1-5H,(H,17,18). The Kier molecular flexibility index (Phi) is 2.77. The number of rotatable bonds is 2. The summed E-state index contributed by atoms with van der Waals surface area (Å²) in [7, 11) is 0. The first-order valence-corrected chi connectivity index (χ1v) is 4.71. The molecule has 0 radical (unpaired) electrons. The number of halogens is 3. The fourth-order valence-corrected chi connectivity index (χ4v) is 1.39. The van der Waals surface area contributed by atoms with Crippen LogP contribution in [0.1, 0.15) is 16.2 Å². The smallest absolute Gasteiger partial charge is 0.418 e. The van der Waals surface area contributed by atoms with Crippen molar-refractivity contribution < 1.29 is 23.1 Å². The first kappa shape index (κ1) is 12.1. The summed E-state index contributed by atoms with van der Waals surface area (Å²) in [5.74, 6) is -1.97. The van der Waals surface area contributed by atoms with Gasteiger partial charge in [0.25, 0.3) is 5.82 Å². The van der Waals surface area contributed by atoms with Crippen molar-refractivity contribution in [1.82, 2.24) is 14.8 Å². The molecule has 0 fully saturated rings. The molecule has 5 nitrogen and oxygen atoms in total. The predicted octanol–water partition coefficient (Wildman–Crippen LogP) is 1.98. The van der Waals surface area contributed by atoms with Crippen LogP contribution in [0, 0.1) is 0 Å². The van der Waals surface area contributed by atoms with Crippen molar-refractivity contribution >= 4 is 5.97 Å². The number of para-hydroxylation sites is 1. The largest absolute Gasteiger partial charge is 0.475 e. The van der Waals surface area contributed by atoms with Crippen LogP contribution in [-0.2, 0) is 6.18 Å². The molecule has 2 aromatic rings. The molecular weight excluding hydrogens is 251 g/mol. The second kappa shape index (κ2) is 4.13. The van der Waals surface area contributed by atoms with Crippen LogP contribution in [0.4, 0.5) is 13.2 Å². The number of alkyl halides is 3. The lowest BCUT2D eigenvalue weighted by Crippen LogP contribution is -2.11. The van der Waals surface area contributed by atoms with Gasteiger partial charge in [-0.3, -0.25) is 0 Å². The normalized spacial score (nSPS) is 11.5. The minimum atomic E-state index is -4.55. The molecule has 0 bridgehead atoms. The number of aromatic nitrogens is 3. The fourth-order valence-electron chi connectivity index (χ4n) is 1.39. The van der Waals surface area contributed by atoms with Gasteiger partial charge in [-0.2, -0.15) is 13.2 Å². The number of aromatic carboxylic acids is 1. The highest BCUT2D eigenvalue weighted by atomic mass is 19.4. The molecule has 0 saturated heterocycles. The maximum Gasteiger partial charge on any atom is 0.418 e. The zero-order valence-electron chi connectivity index (χ0n) is 8.72. The van der Waals surface area contributed by atoms with Crippen molar-refractivity contribution in [2.75, 3.05) is 0 Å². The predicted molar refractivity (Wildman–Crippen MR) is 53.3 cm³/mol. The topological polar surface area (TPSA) is 68.0 Å². The van der Waals surface area contributed by atoms with Crippen LogP contribution in [-0.4, -0.2) is 25.8 Å². The molecule has 1 aromatic heterocycles. The molecule has 1 N–H and O–H groups in total. The second-order valence-electron chi connectivity index (χ2n) is 3.33. The van der Waals surface area contributed by atoms with Crippen molar-refractivity contribution in [1.29, 1.82) is 0 Å². The zero-order valence-corrected chi connectivity index (χ0v) is 8.72. The molecule has 1 aromatic carbocycles. The lowest BCUT2D eigenvalue weighted by molar-refractivity contribution is -0.137. The molecule has 0 atom stereocenters. The molecule has 0 aliphatic heterocycles. The molecule has 94 valence electrons. The Bertz CT molecular complexity index is 592. The van der Waals surface area contributed by atoms with Gasteiger partial charge in [0.2, 0.25) is 0 Å². The van der Waals surface area contributed by atoms with E-state index >= 15 is 0 Å². The summed E-state index contributed by atoms with van der Waals surface area (Å²) < 4.78 is 38.9. The van der Waals surface area contributed by atoms with Crippen molar-refractivity contribution in [2.45, 2.75) is 6.18 Å². The molecular formula is C10H6F3N3O2. The van der Waals surface area contributed by atoms with Crippen molar-refractivity contribution in [3.05, 3.63) is 42.0 Å². The number of hydrogen-bond donors (Lipinski definition) is 1. The Hall–Kier alpha value is -2.38. The van der Waals surface area contributed by atoms with E-state index < -0.39 is 23.5 Å². The summed E-state index contributed by atoms with van der Waals surface area (Å²) in [5.41, 5.74) is -1.18. The minimum Gasteiger partial charge on any atom is -0.475 e. The highest BCUT2D eigenvalue weighted by Crippen LogP contribution is 2.33. The van der Waals surface area contributed by atoms with E-state index in [1.807, 2.05) is 0 Å². The van der Waals surface area contributed by atoms with Crippen LogP contribution in [0.2, 0.25) is 0 Å². The molecule has 18 heavy (non-hydrogen) atoms. The van der Waals surface area contributed by atoms with Crippen LogP contribution >= 0.6 is 0 Å². The molecule has 1 heterocycles. The maximum atomic E-state index is 12.7. The monoisotopic (exact) mass is 257 g/mol. The molecule has 0 unspecified atom stereocenters. The summed E-state index contributed by atoms with van der Waals surface area (Å²) in [4.78, 5) is 14.0. The third-order valence-electron chi connectivity index (χ3n) is 2.14. The van der Waals surface area contributed by atoms with Gasteiger partial charge >= 0.3 is 12.1 Å². The Morgan fingerprint density at radius 1 is 1.28 bits per heavy atom. The Morgan fingerprint density at radius 3 is 2.50 bits per heavy atom. The van der Waals surface area contributed by atoms with E-state index in [9.17, 15) is 18.0 Å². The third kappa shape index (κ3) is 2.17. The van der Waals surface area contributed by atoms with E-state index in [0.717, 1.165) is 17.1 Å². The number of carboxylic acid groups (broad SMARTS) is 1. The number of hydrogen-bond acceptors (Lipinski definition) is 3. The van der Waals surface area contributed by atoms with Crippen LogP contribution in [0.25, 0.3) is 5.69 Å². The fraction of sp³-hybridized carbons (Fsp3) is 0.100. The average Bonchev–Trinajstić information content (AvgIpc) is 2.77. The third-order valence-corrected chi connectivity index (χ3v) is 2.14. The highest BCUT2D eigenvalue weighted by Gasteiger charge is 2.34. The first-order valence-electron chi connectivity index (χ1n) is 4.71. The summed E-state index contributed by atoms with van der Waals surface area (Å²) in [6, 6.07) is 4.70. The summed E-state index contributed by atoms with van der Waals surface area (Å²) in [5, 5.41) is 12.1. The van der Waals surface area contributed by atoms with E-state index in [2.05, 4.69) is 10.1 Å². The lowest BCUT2D eigenvalue weighted by Gasteiger charge is -2.11. The maximum absolute atomic E-state index is 12.7.